The lowest BCUT2D eigenvalue weighted by Crippen LogP contribution is -2.10. The summed E-state index contributed by atoms with van der Waals surface area (Å²) in [6, 6.07) is 7.36. The Bertz CT molecular complexity index is 717. The molecule has 1 N–H and O–H groups in total. The van der Waals surface area contributed by atoms with Gasteiger partial charge in [-0.15, -0.1) is 11.3 Å². The molecule has 3 aromatic rings. The number of anilines is 1. The fourth-order valence-corrected chi connectivity index (χ4v) is 2.98. The first-order valence-electron chi connectivity index (χ1n) is 5.30. The lowest BCUT2D eigenvalue weighted by Gasteiger charge is -2.01. The van der Waals surface area contributed by atoms with Crippen LogP contribution < -0.4 is 5.32 Å². The molecule has 90 valence electrons. The molecule has 0 radical (unpaired) electrons. The van der Waals surface area contributed by atoms with Gasteiger partial charge >= 0.3 is 0 Å². The Morgan fingerprint density at radius 1 is 1.33 bits per heavy atom. The number of rotatable bonds is 2. The molecule has 6 heteroatoms. The molecule has 3 rings (SSSR count). The van der Waals surface area contributed by atoms with Crippen molar-refractivity contribution in [1.82, 2.24) is 9.36 Å². The number of nitrogens with one attached hydrogen (secondary N) is 1. The number of hydrogen-bond donors (Lipinski definition) is 1. The van der Waals surface area contributed by atoms with E-state index in [1.807, 2.05) is 25.1 Å². The van der Waals surface area contributed by atoms with Crippen LogP contribution in [0.25, 0.3) is 10.2 Å². The third kappa shape index (κ3) is 2.12. The number of nitrogens with zero attached hydrogens (tertiary/aromatic N) is 2. The summed E-state index contributed by atoms with van der Waals surface area (Å²) < 4.78 is 5.14. The fraction of sp³-hybridized carbons (Fsp3) is 0.0833. The summed E-state index contributed by atoms with van der Waals surface area (Å²) in [5, 5.41) is 3.60. The number of benzene rings is 1. The van der Waals surface area contributed by atoms with E-state index in [1.165, 1.54) is 22.9 Å². The lowest BCUT2D eigenvalue weighted by atomic mass is 10.2. The third-order valence-corrected chi connectivity index (χ3v) is 4.05. The van der Waals surface area contributed by atoms with Crippen LogP contribution in [0.4, 0.5) is 5.00 Å². The van der Waals surface area contributed by atoms with Gasteiger partial charge in [-0.25, -0.2) is 4.98 Å². The summed E-state index contributed by atoms with van der Waals surface area (Å²) in [6.45, 7) is 1.90. The van der Waals surface area contributed by atoms with Crippen LogP contribution in [0.15, 0.2) is 29.8 Å². The maximum atomic E-state index is 12.0. The second-order valence-electron chi connectivity index (χ2n) is 3.82. The van der Waals surface area contributed by atoms with Gasteiger partial charge in [0.25, 0.3) is 5.91 Å². The number of carbonyl (C=O) groups is 1. The molecule has 0 aliphatic heterocycles. The predicted octanol–water partition coefficient (Wildman–Crippen LogP) is 3.31. The average molecular weight is 275 g/mol. The molecule has 1 aromatic carbocycles. The number of hydrogen-bond acceptors (Lipinski definition) is 5. The first-order chi connectivity index (χ1) is 8.72. The van der Waals surface area contributed by atoms with E-state index in [2.05, 4.69) is 14.7 Å². The summed E-state index contributed by atoms with van der Waals surface area (Å²) in [4.78, 5) is 16.2. The van der Waals surface area contributed by atoms with Crippen molar-refractivity contribution in [3.05, 3.63) is 41.0 Å². The summed E-state index contributed by atoms with van der Waals surface area (Å²) in [5.74, 6) is -0.117. The molecule has 2 aromatic heterocycles. The smallest absolute Gasteiger partial charge is 0.256 e. The molecule has 0 aliphatic rings. The maximum Gasteiger partial charge on any atom is 0.256 e. The molecule has 0 bridgehead atoms. The van der Waals surface area contributed by atoms with Crippen molar-refractivity contribution < 1.29 is 4.79 Å². The Balaban J connectivity index is 1.87. The van der Waals surface area contributed by atoms with Crippen LogP contribution in [-0.2, 0) is 0 Å². The number of aromatic nitrogens is 2. The van der Waals surface area contributed by atoms with Crippen LogP contribution >= 0.6 is 22.9 Å². The highest BCUT2D eigenvalue weighted by Gasteiger charge is 2.09. The predicted molar refractivity (Wildman–Crippen MR) is 74.4 cm³/mol. The van der Waals surface area contributed by atoms with Gasteiger partial charge in [0.2, 0.25) is 0 Å². The monoisotopic (exact) mass is 275 g/mol. The van der Waals surface area contributed by atoms with Crippen molar-refractivity contribution in [2.75, 3.05) is 5.32 Å². The van der Waals surface area contributed by atoms with Crippen molar-refractivity contribution in [3.8, 4) is 0 Å². The van der Waals surface area contributed by atoms with Gasteiger partial charge in [0.1, 0.15) is 5.00 Å². The van der Waals surface area contributed by atoms with Gasteiger partial charge in [-0.05, 0) is 42.7 Å². The molecule has 0 saturated heterocycles. The Morgan fingerprint density at radius 2 is 2.22 bits per heavy atom. The zero-order chi connectivity index (χ0) is 12.5. The van der Waals surface area contributed by atoms with Crippen molar-refractivity contribution in [3.63, 3.8) is 0 Å². The lowest BCUT2D eigenvalue weighted by molar-refractivity contribution is 0.102. The standard InChI is InChI=1S/C12H9N3OS2/c1-7-4-11(18-15-7)14-12(16)8-2-3-9-10(5-8)17-6-13-9/h2-6H,1H3,(H,14,16). The van der Waals surface area contributed by atoms with Gasteiger partial charge in [-0.3, -0.25) is 4.79 Å². The fourth-order valence-electron chi connectivity index (χ4n) is 1.60. The van der Waals surface area contributed by atoms with Gasteiger partial charge in [-0.2, -0.15) is 4.37 Å². The Labute approximate surface area is 111 Å². The second-order valence-corrected chi connectivity index (χ2v) is 5.51. The molecule has 0 atom stereocenters. The molecule has 0 aliphatic carbocycles. The summed E-state index contributed by atoms with van der Waals surface area (Å²) in [7, 11) is 0. The van der Waals surface area contributed by atoms with Crippen LogP contribution in [-0.4, -0.2) is 15.3 Å². The minimum atomic E-state index is -0.117. The first kappa shape index (κ1) is 11.3. The molecule has 0 spiro atoms. The van der Waals surface area contributed by atoms with E-state index in [0.29, 0.717) is 5.56 Å². The average Bonchev–Trinajstić information content (AvgIpc) is 2.96. The zero-order valence-corrected chi connectivity index (χ0v) is 11.1. The number of fused-ring (bicyclic) bond motifs is 1. The Kier molecular flexibility index (Phi) is 2.81. The van der Waals surface area contributed by atoms with Crippen LogP contribution in [0.3, 0.4) is 0 Å². The molecule has 0 fully saturated rings. The minimum absolute atomic E-state index is 0.117. The van der Waals surface area contributed by atoms with Crippen molar-refractivity contribution >= 4 is 44.0 Å². The normalized spacial score (nSPS) is 10.7. The molecular weight excluding hydrogens is 266 g/mol. The van der Waals surface area contributed by atoms with Crippen LogP contribution in [0.2, 0.25) is 0 Å². The van der Waals surface area contributed by atoms with E-state index in [1.54, 1.807) is 11.6 Å². The summed E-state index contributed by atoms with van der Waals surface area (Å²) >= 11 is 2.81. The van der Waals surface area contributed by atoms with Crippen molar-refractivity contribution in [2.45, 2.75) is 6.92 Å². The van der Waals surface area contributed by atoms with E-state index < -0.39 is 0 Å². The van der Waals surface area contributed by atoms with E-state index in [9.17, 15) is 4.79 Å². The molecule has 4 nitrogen and oxygen atoms in total. The van der Waals surface area contributed by atoms with Gasteiger partial charge in [0.05, 0.1) is 21.4 Å². The minimum Gasteiger partial charge on any atom is -0.312 e. The molecule has 1 amide bonds. The van der Waals surface area contributed by atoms with Gasteiger partial charge in [0, 0.05) is 5.56 Å². The summed E-state index contributed by atoms with van der Waals surface area (Å²) in [5.41, 5.74) is 4.25. The van der Waals surface area contributed by atoms with Gasteiger partial charge in [0.15, 0.2) is 0 Å². The van der Waals surface area contributed by atoms with E-state index in [0.717, 1.165) is 20.9 Å². The zero-order valence-electron chi connectivity index (χ0n) is 9.51. The Hall–Kier alpha value is -1.79. The van der Waals surface area contributed by atoms with Crippen molar-refractivity contribution in [1.29, 1.82) is 0 Å². The third-order valence-electron chi connectivity index (χ3n) is 2.46. The number of thiazole rings is 1. The van der Waals surface area contributed by atoms with Crippen LogP contribution in [0, 0.1) is 6.92 Å². The highest BCUT2D eigenvalue weighted by atomic mass is 32.1. The highest BCUT2D eigenvalue weighted by Crippen LogP contribution is 2.21. The molecule has 0 unspecified atom stereocenters. The molecule has 0 saturated carbocycles. The SMILES string of the molecule is Cc1cc(NC(=O)c2ccc3ncsc3c2)sn1. The second kappa shape index (κ2) is 4.47. The van der Waals surface area contributed by atoms with Crippen molar-refractivity contribution in [2.24, 2.45) is 0 Å². The molecular formula is C12H9N3OS2. The Morgan fingerprint density at radius 3 is 3.00 bits per heavy atom. The van der Waals surface area contributed by atoms with E-state index in [-0.39, 0.29) is 5.91 Å². The molecule has 18 heavy (non-hydrogen) atoms. The largest absolute Gasteiger partial charge is 0.312 e. The van der Waals surface area contributed by atoms with Crippen LogP contribution in [0.5, 0.6) is 0 Å². The number of amides is 1. The van der Waals surface area contributed by atoms with Gasteiger partial charge in [-0.1, -0.05) is 0 Å². The number of aryl methyl sites for hydroxylation is 1. The topological polar surface area (TPSA) is 54.9 Å². The molecule has 2 heterocycles. The highest BCUT2D eigenvalue weighted by molar-refractivity contribution is 7.16. The first-order valence-corrected chi connectivity index (χ1v) is 6.95. The van der Waals surface area contributed by atoms with Gasteiger partial charge < -0.3 is 5.32 Å². The van der Waals surface area contributed by atoms with Crippen LogP contribution in [0.1, 0.15) is 16.1 Å². The summed E-state index contributed by atoms with van der Waals surface area (Å²) in [6.07, 6.45) is 0. The quantitative estimate of drug-likeness (QED) is 0.780. The number of carbonyl (C=O) groups excluding carboxylic acids is 1. The maximum absolute atomic E-state index is 12.0. The van der Waals surface area contributed by atoms with E-state index in [4.69, 9.17) is 0 Å². The van der Waals surface area contributed by atoms with E-state index >= 15 is 0 Å².